The van der Waals surface area contributed by atoms with Crippen LogP contribution in [0.1, 0.15) is 5.69 Å². The minimum absolute atomic E-state index is 0.267. The summed E-state index contributed by atoms with van der Waals surface area (Å²) in [5.74, 6) is 1.08. The molecule has 2 aromatic heterocycles. The largest absolute Gasteiger partial charge is 0.454 e. The van der Waals surface area contributed by atoms with Crippen LogP contribution >= 0.6 is 0 Å². The van der Waals surface area contributed by atoms with E-state index in [-0.39, 0.29) is 5.69 Å². The SMILES string of the molecule is N#Cc1ncccc1Oc1ccc2cccnc2c1. The second kappa shape index (κ2) is 4.75. The Morgan fingerprint density at radius 2 is 1.84 bits per heavy atom. The van der Waals surface area contributed by atoms with Gasteiger partial charge in [-0.2, -0.15) is 5.26 Å². The molecule has 0 aliphatic carbocycles. The number of hydrogen-bond donors (Lipinski definition) is 0. The van der Waals surface area contributed by atoms with Crippen LogP contribution in [0, 0.1) is 11.3 Å². The van der Waals surface area contributed by atoms with Crippen LogP contribution in [0.3, 0.4) is 0 Å². The molecule has 0 radical (unpaired) electrons. The van der Waals surface area contributed by atoms with Gasteiger partial charge >= 0.3 is 0 Å². The van der Waals surface area contributed by atoms with Gasteiger partial charge in [0.2, 0.25) is 0 Å². The van der Waals surface area contributed by atoms with E-state index in [9.17, 15) is 0 Å². The smallest absolute Gasteiger partial charge is 0.183 e. The maximum atomic E-state index is 8.96. The molecule has 0 bridgehead atoms. The van der Waals surface area contributed by atoms with E-state index in [1.165, 1.54) is 0 Å². The van der Waals surface area contributed by atoms with Crippen molar-refractivity contribution in [3.8, 4) is 17.6 Å². The number of nitriles is 1. The third-order valence-corrected chi connectivity index (χ3v) is 2.68. The molecule has 0 spiro atoms. The normalized spacial score (nSPS) is 10.1. The molecule has 4 heteroatoms. The first-order valence-electron chi connectivity index (χ1n) is 5.74. The molecule has 0 amide bonds. The molecule has 0 saturated carbocycles. The lowest BCUT2D eigenvalue weighted by atomic mass is 10.2. The van der Waals surface area contributed by atoms with Crippen LogP contribution in [-0.4, -0.2) is 9.97 Å². The molecule has 0 N–H and O–H groups in total. The summed E-state index contributed by atoms with van der Waals surface area (Å²) in [5.41, 5.74) is 1.12. The molecule has 0 aliphatic heterocycles. The predicted octanol–water partition coefficient (Wildman–Crippen LogP) is 3.29. The van der Waals surface area contributed by atoms with Gasteiger partial charge in [-0.25, -0.2) is 4.98 Å². The summed E-state index contributed by atoms with van der Waals surface area (Å²) in [6.07, 6.45) is 3.30. The summed E-state index contributed by atoms with van der Waals surface area (Å²) in [4.78, 5) is 8.22. The van der Waals surface area contributed by atoms with Gasteiger partial charge in [-0.3, -0.25) is 4.98 Å². The standard InChI is InChI=1S/C15H9N3O/c16-10-14-15(4-2-8-18-14)19-12-6-5-11-3-1-7-17-13(11)9-12/h1-9H. The van der Waals surface area contributed by atoms with Gasteiger partial charge in [0.25, 0.3) is 0 Å². The molecule has 90 valence electrons. The van der Waals surface area contributed by atoms with Crippen LogP contribution in [0.4, 0.5) is 0 Å². The van der Waals surface area contributed by atoms with Crippen LogP contribution < -0.4 is 4.74 Å². The van der Waals surface area contributed by atoms with Crippen molar-refractivity contribution in [2.24, 2.45) is 0 Å². The number of hydrogen-bond acceptors (Lipinski definition) is 4. The minimum Gasteiger partial charge on any atom is -0.454 e. The molecule has 0 saturated heterocycles. The van der Waals surface area contributed by atoms with Crippen LogP contribution in [-0.2, 0) is 0 Å². The lowest BCUT2D eigenvalue weighted by Crippen LogP contribution is -1.90. The highest BCUT2D eigenvalue weighted by Crippen LogP contribution is 2.25. The highest BCUT2D eigenvalue weighted by molar-refractivity contribution is 5.79. The van der Waals surface area contributed by atoms with E-state index in [0.29, 0.717) is 11.5 Å². The Labute approximate surface area is 109 Å². The number of pyridine rings is 2. The van der Waals surface area contributed by atoms with E-state index in [1.54, 1.807) is 24.5 Å². The molecular weight excluding hydrogens is 238 g/mol. The van der Waals surface area contributed by atoms with Crippen molar-refractivity contribution >= 4 is 10.9 Å². The van der Waals surface area contributed by atoms with Gasteiger partial charge < -0.3 is 4.74 Å². The van der Waals surface area contributed by atoms with Gasteiger partial charge in [0, 0.05) is 23.8 Å². The second-order valence-electron chi connectivity index (χ2n) is 3.92. The zero-order chi connectivity index (χ0) is 13.1. The fourth-order valence-corrected chi connectivity index (χ4v) is 1.79. The first-order valence-corrected chi connectivity index (χ1v) is 5.74. The van der Waals surface area contributed by atoms with Crippen LogP contribution in [0.5, 0.6) is 11.5 Å². The van der Waals surface area contributed by atoms with Gasteiger partial charge in [-0.15, -0.1) is 0 Å². The highest BCUT2D eigenvalue weighted by atomic mass is 16.5. The number of benzene rings is 1. The summed E-state index contributed by atoms with van der Waals surface area (Å²) in [5, 5.41) is 10.0. The van der Waals surface area contributed by atoms with Crippen molar-refractivity contribution in [1.29, 1.82) is 5.26 Å². The van der Waals surface area contributed by atoms with E-state index < -0.39 is 0 Å². The summed E-state index contributed by atoms with van der Waals surface area (Å²) in [7, 11) is 0. The van der Waals surface area contributed by atoms with Gasteiger partial charge in [0.1, 0.15) is 11.8 Å². The Morgan fingerprint density at radius 3 is 2.74 bits per heavy atom. The third-order valence-electron chi connectivity index (χ3n) is 2.68. The topological polar surface area (TPSA) is 58.8 Å². The molecule has 0 aliphatic rings. The average molecular weight is 247 g/mol. The average Bonchev–Trinajstić information content (AvgIpc) is 2.48. The number of rotatable bonds is 2. The molecular formula is C15H9N3O. The van der Waals surface area contributed by atoms with E-state index in [4.69, 9.17) is 10.00 Å². The van der Waals surface area contributed by atoms with Crippen molar-refractivity contribution in [2.45, 2.75) is 0 Å². The van der Waals surface area contributed by atoms with Gasteiger partial charge in [0.05, 0.1) is 5.52 Å². The Bertz CT molecular complexity index is 777. The van der Waals surface area contributed by atoms with Gasteiger partial charge in [-0.05, 0) is 30.3 Å². The van der Waals surface area contributed by atoms with E-state index in [0.717, 1.165) is 10.9 Å². The Morgan fingerprint density at radius 1 is 1.00 bits per heavy atom. The van der Waals surface area contributed by atoms with Crippen molar-refractivity contribution in [3.05, 3.63) is 60.6 Å². The first-order chi connectivity index (χ1) is 9.36. The molecule has 19 heavy (non-hydrogen) atoms. The Kier molecular flexibility index (Phi) is 2.79. The minimum atomic E-state index is 0.267. The third kappa shape index (κ3) is 2.22. The lowest BCUT2D eigenvalue weighted by Gasteiger charge is -2.07. The van der Waals surface area contributed by atoms with Crippen molar-refractivity contribution in [2.75, 3.05) is 0 Å². The number of aromatic nitrogens is 2. The Hall–Kier alpha value is -2.93. The quantitative estimate of drug-likeness (QED) is 0.697. The van der Waals surface area contributed by atoms with E-state index in [2.05, 4.69) is 9.97 Å². The summed E-state index contributed by atoms with van der Waals surface area (Å²) < 4.78 is 5.68. The van der Waals surface area contributed by atoms with Crippen molar-refractivity contribution in [1.82, 2.24) is 9.97 Å². The van der Waals surface area contributed by atoms with Gasteiger partial charge in [-0.1, -0.05) is 6.07 Å². The zero-order valence-corrected chi connectivity index (χ0v) is 9.95. The number of nitrogens with zero attached hydrogens (tertiary/aromatic N) is 3. The van der Waals surface area contributed by atoms with Crippen LogP contribution in [0.25, 0.3) is 10.9 Å². The fraction of sp³-hybridized carbons (Fsp3) is 0. The molecule has 2 heterocycles. The van der Waals surface area contributed by atoms with Crippen molar-refractivity contribution in [3.63, 3.8) is 0 Å². The highest BCUT2D eigenvalue weighted by Gasteiger charge is 2.05. The molecule has 0 unspecified atom stereocenters. The molecule has 0 atom stereocenters. The molecule has 3 aromatic rings. The van der Waals surface area contributed by atoms with Crippen LogP contribution in [0.15, 0.2) is 54.9 Å². The summed E-state index contributed by atoms with van der Waals surface area (Å²) in [6.45, 7) is 0. The maximum absolute atomic E-state index is 8.96. The molecule has 1 aromatic carbocycles. The van der Waals surface area contributed by atoms with E-state index in [1.807, 2.05) is 36.4 Å². The first kappa shape index (κ1) is 11.2. The van der Waals surface area contributed by atoms with Crippen molar-refractivity contribution < 1.29 is 4.74 Å². The predicted molar refractivity (Wildman–Crippen MR) is 70.8 cm³/mol. The maximum Gasteiger partial charge on any atom is 0.183 e. The fourth-order valence-electron chi connectivity index (χ4n) is 1.79. The molecule has 4 nitrogen and oxygen atoms in total. The monoisotopic (exact) mass is 247 g/mol. The number of ether oxygens (including phenoxy) is 1. The summed E-state index contributed by atoms with van der Waals surface area (Å²) in [6, 6.07) is 14.9. The molecule has 3 rings (SSSR count). The lowest BCUT2D eigenvalue weighted by molar-refractivity contribution is 0.479. The molecule has 0 fully saturated rings. The van der Waals surface area contributed by atoms with Crippen LogP contribution in [0.2, 0.25) is 0 Å². The van der Waals surface area contributed by atoms with E-state index >= 15 is 0 Å². The van der Waals surface area contributed by atoms with Gasteiger partial charge in [0.15, 0.2) is 11.4 Å². The zero-order valence-electron chi connectivity index (χ0n) is 9.95. The second-order valence-corrected chi connectivity index (χ2v) is 3.92. The number of fused-ring (bicyclic) bond motifs is 1. The Balaban J connectivity index is 1.99. The summed E-state index contributed by atoms with van der Waals surface area (Å²) >= 11 is 0.